The number of aromatic nitrogens is 3. The number of nitrogens with zero attached hydrogens (tertiary/aromatic N) is 4. The number of amides is 1. The first kappa shape index (κ1) is 20.0. The lowest BCUT2D eigenvalue weighted by Gasteiger charge is -2.33. The van der Waals surface area contributed by atoms with Crippen LogP contribution >= 0.6 is 11.8 Å². The van der Waals surface area contributed by atoms with Crippen LogP contribution in [0.5, 0.6) is 17.4 Å². The smallest absolute Gasteiger partial charge is 0.296 e. The third-order valence-corrected chi connectivity index (χ3v) is 5.50. The monoisotopic (exact) mass is 424 g/mol. The molecule has 1 aliphatic rings. The van der Waals surface area contributed by atoms with Crippen LogP contribution in [0.2, 0.25) is 0 Å². The molecule has 3 aromatic rings. The second-order valence-corrected chi connectivity index (χ2v) is 7.36. The second kappa shape index (κ2) is 7.83. The zero-order valence-corrected chi connectivity index (χ0v) is 17.8. The summed E-state index contributed by atoms with van der Waals surface area (Å²) in [6, 6.07) is 12.6. The minimum atomic E-state index is -0.727. The average Bonchev–Trinajstić information content (AvgIpc) is 2.77. The minimum Gasteiger partial charge on any atom is -0.854 e. The van der Waals surface area contributed by atoms with E-state index in [2.05, 4.69) is 10.1 Å². The predicted molar refractivity (Wildman–Crippen MR) is 110 cm³/mol. The van der Waals surface area contributed by atoms with Crippen molar-refractivity contribution >= 4 is 23.4 Å². The Hall–Kier alpha value is -3.33. The van der Waals surface area contributed by atoms with Crippen molar-refractivity contribution in [2.75, 3.05) is 25.4 Å². The van der Waals surface area contributed by atoms with Gasteiger partial charge in [0, 0.05) is 18.1 Å². The molecule has 2 heterocycles. The van der Waals surface area contributed by atoms with Gasteiger partial charge in [-0.2, -0.15) is 0 Å². The highest BCUT2D eigenvalue weighted by Gasteiger charge is 2.45. The van der Waals surface area contributed by atoms with E-state index in [-0.39, 0.29) is 5.91 Å². The number of benzene rings is 2. The van der Waals surface area contributed by atoms with E-state index in [1.165, 1.54) is 18.7 Å². The van der Waals surface area contributed by atoms with Gasteiger partial charge in [0.1, 0.15) is 11.5 Å². The molecule has 0 bridgehead atoms. The van der Waals surface area contributed by atoms with Gasteiger partial charge in [0.25, 0.3) is 17.0 Å². The van der Waals surface area contributed by atoms with Crippen LogP contribution in [0.25, 0.3) is 11.3 Å². The summed E-state index contributed by atoms with van der Waals surface area (Å²) in [6.07, 6.45) is 1.07. The normalized spacial score (nSPS) is 14.7. The maximum atomic E-state index is 13.0. The highest BCUT2D eigenvalue weighted by Crippen LogP contribution is 2.42. The van der Waals surface area contributed by atoms with Crippen molar-refractivity contribution < 1.29 is 24.1 Å². The van der Waals surface area contributed by atoms with Crippen LogP contribution in [-0.2, 0) is 4.79 Å². The molecule has 0 radical (unpaired) electrons. The highest BCUT2D eigenvalue weighted by atomic mass is 32.2. The van der Waals surface area contributed by atoms with Gasteiger partial charge >= 0.3 is 0 Å². The molecule has 1 aromatic heterocycles. The molecule has 1 atom stereocenters. The molecule has 0 spiro atoms. The number of rotatable bonds is 4. The topological polar surface area (TPSA) is 91.5 Å². The number of hydrogen-bond acceptors (Lipinski definition) is 7. The van der Waals surface area contributed by atoms with Crippen LogP contribution in [0.1, 0.15) is 18.7 Å². The van der Waals surface area contributed by atoms with E-state index in [0.717, 1.165) is 0 Å². The Morgan fingerprint density at radius 1 is 1.20 bits per heavy atom. The molecular weight excluding hydrogens is 404 g/mol. The van der Waals surface area contributed by atoms with Crippen molar-refractivity contribution in [2.45, 2.75) is 18.2 Å². The van der Waals surface area contributed by atoms with Gasteiger partial charge in [-0.3, -0.25) is 4.79 Å². The van der Waals surface area contributed by atoms with Crippen molar-refractivity contribution in [2.24, 2.45) is 0 Å². The molecule has 4 rings (SSSR count). The van der Waals surface area contributed by atoms with Crippen LogP contribution in [0.15, 0.2) is 47.6 Å². The molecular formula is C21H20N4O4S. The number of hydrogen-bond donors (Lipinski definition) is 0. The third-order valence-electron chi connectivity index (χ3n) is 4.96. The number of fused-ring (bicyclic) bond motifs is 3. The summed E-state index contributed by atoms with van der Waals surface area (Å²) in [6.45, 7) is 1.49. The molecule has 8 nitrogen and oxygen atoms in total. The summed E-state index contributed by atoms with van der Waals surface area (Å²) >= 11 is 1.26. The fourth-order valence-corrected chi connectivity index (χ4v) is 4.02. The lowest BCUT2D eigenvalue weighted by Crippen LogP contribution is -2.58. The molecule has 9 heteroatoms. The summed E-state index contributed by atoms with van der Waals surface area (Å²) < 4.78 is 12.5. The van der Waals surface area contributed by atoms with E-state index in [4.69, 9.17) is 9.47 Å². The zero-order valence-electron chi connectivity index (χ0n) is 16.9. The first-order chi connectivity index (χ1) is 14.5. The van der Waals surface area contributed by atoms with E-state index >= 15 is 0 Å². The Bertz CT molecular complexity index is 1140. The van der Waals surface area contributed by atoms with E-state index < -0.39 is 12.0 Å². The zero-order chi connectivity index (χ0) is 21.4. The molecule has 0 saturated carbocycles. The van der Waals surface area contributed by atoms with Crippen LogP contribution in [0, 0.1) is 0 Å². The van der Waals surface area contributed by atoms with Gasteiger partial charge in [-0.15, -0.1) is 0 Å². The highest BCUT2D eigenvalue weighted by molar-refractivity contribution is 7.98. The van der Waals surface area contributed by atoms with Crippen LogP contribution in [0.4, 0.5) is 5.69 Å². The van der Waals surface area contributed by atoms with Crippen molar-refractivity contribution in [1.29, 1.82) is 0 Å². The maximum absolute atomic E-state index is 13.0. The van der Waals surface area contributed by atoms with E-state index in [1.54, 1.807) is 48.3 Å². The summed E-state index contributed by atoms with van der Waals surface area (Å²) in [4.78, 5) is 18.5. The van der Waals surface area contributed by atoms with Crippen molar-refractivity contribution in [1.82, 2.24) is 10.1 Å². The van der Waals surface area contributed by atoms with Crippen LogP contribution in [0.3, 0.4) is 0 Å². The van der Waals surface area contributed by atoms with E-state index in [9.17, 15) is 9.90 Å². The van der Waals surface area contributed by atoms with Gasteiger partial charge in [0.05, 0.1) is 36.9 Å². The lowest BCUT2D eigenvalue weighted by molar-refractivity contribution is -0.764. The fourth-order valence-electron chi connectivity index (χ4n) is 3.67. The lowest BCUT2D eigenvalue weighted by atomic mass is 10.0. The fraction of sp³-hybridized carbons (Fsp3) is 0.238. The van der Waals surface area contributed by atoms with Crippen molar-refractivity contribution in [3.8, 4) is 28.6 Å². The van der Waals surface area contributed by atoms with Gasteiger partial charge in [-0.25, -0.2) is 9.88 Å². The molecule has 1 amide bonds. The number of methoxy groups -OCH3 is 2. The molecule has 1 unspecified atom stereocenters. The first-order valence-corrected chi connectivity index (χ1v) is 10.4. The molecule has 30 heavy (non-hydrogen) atoms. The summed E-state index contributed by atoms with van der Waals surface area (Å²) in [5.41, 5.74) is 2.21. The summed E-state index contributed by atoms with van der Waals surface area (Å²) in [5.74, 6) is 0.534. The third kappa shape index (κ3) is 3.11. The largest absolute Gasteiger partial charge is 0.854 e. The Labute approximate surface area is 178 Å². The summed E-state index contributed by atoms with van der Waals surface area (Å²) in [5, 5.41) is 17.9. The SMILES string of the molecule is COc1ccc(C2N(C(C)=O)c3ccccc3-c3c([O-])nc(SC)n[n+]32)c(OC)c1. The van der Waals surface area contributed by atoms with Gasteiger partial charge in [0.2, 0.25) is 5.91 Å². The molecule has 0 N–H and O–H groups in total. The standard InChI is InChI=1S/C21H20N4O4S/c1-12(26)24-16-8-6-5-7-14(16)18-19(27)22-21(30-4)23-25(18)20(24)15-10-9-13(28-2)11-17(15)29-3/h5-11,20H,1-4H3. The number of ether oxygens (including phenoxy) is 2. The summed E-state index contributed by atoms with van der Waals surface area (Å²) in [7, 11) is 3.12. The number of carbonyl (C=O) groups excluding carboxylic acids is 1. The molecule has 0 aliphatic carbocycles. The van der Waals surface area contributed by atoms with Gasteiger partial charge in [-0.1, -0.05) is 28.6 Å². The Balaban J connectivity index is 2.08. The number of carbonyl (C=O) groups is 1. The number of para-hydroxylation sites is 1. The van der Waals surface area contributed by atoms with E-state index in [1.807, 2.05) is 24.3 Å². The maximum Gasteiger partial charge on any atom is 0.296 e. The predicted octanol–water partition coefficient (Wildman–Crippen LogP) is 2.16. The Morgan fingerprint density at radius 2 is 1.97 bits per heavy atom. The number of anilines is 1. The average molecular weight is 424 g/mol. The van der Waals surface area contributed by atoms with Crippen LogP contribution in [-0.4, -0.2) is 36.5 Å². The Morgan fingerprint density at radius 3 is 2.63 bits per heavy atom. The van der Waals surface area contributed by atoms with Gasteiger partial charge in [-0.05, 0) is 30.5 Å². The van der Waals surface area contributed by atoms with Crippen molar-refractivity contribution in [3.63, 3.8) is 0 Å². The molecule has 0 fully saturated rings. The molecule has 0 saturated heterocycles. The molecule has 2 aromatic carbocycles. The molecule has 1 aliphatic heterocycles. The first-order valence-electron chi connectivity index (χ1n) is 9.16. The van der Waals surface area contributed by atoms with Gasteiger partial charge in [0.15, 0.2) is 0 Å². The van der Waals surface area contributed by atoms with Gasteiger partial charge < -0.3 is 14.6 Å². The Kier molecular flexibility index (Phi) is 5.21. The minimum absolute atomic E-state index is 0.194. The second-order valence-electron chi connectivity index (χ2n) is 6.58. The van der Waals surface area contributed by atoms with Crippen molar-refractivity contribution in [3.05, 3.63) is 48.0 Å². The van der Waals surface area contributed by atoms with Crippen LogP contribution < -0.4 is 24.2 Å². The quantitative estimate of drug-likeness (QED) is 0.468. The molecule has 154 valence electrons. The number of thioether (sulfide) groups is 1. The van der Waals surface area contributed by atoms with E-state index in [0.29, 0.717) is 39.2 Å².